The average Bonchev–Trinajstić information content (AvgIpc) is 2.62. The molecule has 0 amide bonds. The normalized spacial score (nSPS) is 7.36. The van der Waals surface area contributed by atoms with Crippen molar-refractivity contribution in [2.24, 2.45) is 0 Å². The minimum Gasteiger partial charge on any atom is -0.0683 e. The summed E-state index contributed by atoms with van der Waals surface area (Å²) in [6, 6.07) is 24.0. The summed E-state index contributed by atoms with van der Waals surface area (Å²) in [5.74, 6) is 0. The molecule has 0 heterocycles. The molecule has 0 spiro atoms. The van der Waals surface area contributed by atoms with E-state index in [1.165, 1.54) is 25.7 Å². The van der Waals surface area contributed by atoms with Gasteiger partial charge in [0.05, 0.1) is 0 Å². The van der Waals surface area contributed by atoms with E-state index < -0.39 is 0 Å². The van der Waals surface area contributed by atoms with E-state index in [1.807, 2.05) is 86.6 Å². The molecule has 0 atom stereocenters. The summed E-state index contributed by atoms with van der Waals surface area (Å²) < 4.78 is 0. The van der Waals surface area contributed by atoms with Crippen molar-refractivity contribution in [3.05, 3.63) is 72.8 Å². The Labute approximate surface area is 140 Å². The Bertz CT molecular complexity index is 225. The molecule has 0 nitrogen and oxygen atoms in total. The van der Waals surface area contributed by atoms with Crippen LogP contribution in [0.15, 0.2) is 72.8 Å². The Hall–Kier alpha value is -1.56. The van der Waals surface area contributed by atoms with Crippen molar-refractivity contribution in [3.8, 4) is 0 Å². The van der Waals surface area contributed by atoms with E-state index >= 15 is 0 Å². The molecule has 0 heteroatoms. The number of benzene rings is 2. The van der Waals surface area contributed by atoms with Crippen molar-refractivity contribution in [1.29, 1.82) is 0 Å². The maximum atomic E-state index is 2.21. The first-order valence-electron chi connectivity index (χ1n) is 8.83. The largest absolute Gasteiger partial charge is 0.0683 e. The van der Waals surface area contributed by atoms with Gasteiger partial charge in [-0.1, -0.05) is 140 Å². The summed E-state index contributed by atoms with van der Waals surface area (Å²) >= 11 is 0. The zero-order chi connectivity index (χ0) is 17.3. The Morgan fingerprint density at radius 2 is 0.545 bits per heavy atom. The second-order valence-corrected chi connectivity index (χ2v) is 4.37. The van der Waals surface area contributed by atoms with Gasteiger partial charge >= 0.3 is 0 Å². The van der Waals surface area contributed by atoms with E-state index in [0.29, 0.717) is 0 Å². The van der Waals surface area contributed by atoms with Crippen molar-refractivity contribution < 1.29 is 0 Å². The lowest BCUT2D eigenvalue weighted by atomic mass is 10.3. The standard InChI is InChI=1S/2C6H6.C5H12.C3H8.C2H6/c2*1-2-4-6-5-3-1;1-3-5-4-2;1-3-2;1-2/h2*1-6H;3-5H2,1-2H3;3H2,1-2H3;1-2H3. The Kier molecular flexibility index (Phi) is 36.6. The van der Waals surface area contributed by atoms with Crippen LogP contribution < -0.4 is 0 Å². The van der Waals surface area contributed by atoms with Crippen molar-refractivity contribution in [2.75, 3.05) is 0 Å². The molecule has 22 heavy (non-hydrogen) atoms. The van der Waals surface area contributed by atoms with Crippen LogP contribution in [-0.2, 0) is 0 Å². The number of hydrogen-bond acceptors (Lipinski definition) is 0. The van der Waals surface area contributed by atoms with Crippen LogP contribution in [0.2, 0.25) is 0 Å². The highest BCUT2D eigenvalue weighted by molar-refractivity contribution is 4.99. The molecule has 0 aliphatic rings. The molecule has 0 saturated carbocycles. The van der Waals surface area contributed by atoms with Crippen LogP contribution in [0.3, 0.4) is 0 Å². The highest BCUT2D eigenvalue weighted by Gasteiger charge is 1.68. The van der Waals surface area contributed by atoms with Crippen LogP contribution in [-0.4, -0.2) is 0 Å². The van der Waals surface area contributed by atoms with Crippen LogP contribution in [0.25, 0.3) is 0 Å². The molecule has 0 aliphatic heterocycles. The SMILES string of the molecule is CC.CCC.CCCCC.c1ccccc1.c1ccccc1. The molecule has 0 aromatic heterocycles. The van der Waals surface area contributed by atoms with E-state index in [4.69, 9.17) is 0 Å². The molecule has 0 N–H and O–H groups in total. The second-order valence-electron chi connectivity index (χ2n) is 4.37. The number of unbranched alkanes of at least 4 members (excludes halogenated alkanes) is 2. The van der Waals surface area contributed by atoms with Gasteiger partial charge in [-0.25, -0.2) is 0 Å². The summed E-state index contributed by atoms with van der Waals surface area (Å²) in [6.45, 7) is 12.7. The van der Waals surface area contributed by atoms with Crippen molar-refractivity contribution in [1.82, 2.24) is 0 Å². The molecule has 126 valence electrons. The molecule has 2 aromatic carbocycles. The van der Waals surface area contributed by atoms with E-state index in [1.54, 1.807) is 0 Å². The lowest BCUT2D eigenvalue weighted by Crippen LogP contribution is -1.59. The Morgan fingerprint density at radius 3 is 0.591 bits per heavy atom. The molecule has 2 rings (SSSR count). The molecular formula is C22H38. The van der Waals surface area contributed by atoms with Crippen LogP contribution in [0, 0.1) is 0 Å². The highest BCUT2D eigenvalue weighted by atomic mass is 13.7. The molecule has 0 radical (unpaired) electrons. The van der Waals surface area contributed by atoms with Gasteiger partial charge in [0.1, 0.15) is 0 Å². The summed E-state index contributed by atoms with van der Waals surface area (Å²) in [5.41, 5.74) is 0. The van der Waals surface area contributed by atoms with Crippen molar-refractivity contribution in [2.45, 2.75) is 67.2 Å². The molecule has 2 aromatic rings. The highest BCUT2D eigenvalue weighted by Crippen LogP contribution is 1.88. The zero-order valence-corrected chi connectivity index (χ0v) is 15.8. The number of hydrogen-bond donors (Lipinski definition) is 0. The fourth-order valence-corrected chi connectivity index (χ4v) is 1.12. The van der Waals surface area contributed by atoms with E-state index in [-0.39, 0.29) is 0 Å². The van der Waals surface area contributed by atoms with Gasteiger partial charge in [-0.05, 0) is 0 Å². The van der Waals surface area contributed by atoms with Crippen molar-refractivity contribution >= 4 is 0 Å². The number of rotatable bonds is 2. The second kappa shape index (κ2) is 31.7. The first-order chi connectivity index (χ1) is 10.8. The molecular weight excluding hydrogens is 264 g/mol. The zero-order valence-electron chi connectivity index (χ0n) is 15.8. The average molecular weight is 303 g/mol. The molecule has 0 unspecified atom stereocenters. The van der Waals surface area contributed by atoms with Crippen molar-refractivity contribution in [3.63, 3.8) is 0 Å². The third-order valence-corrected chi connectivity index (χ3v) is 2.04. The van der Waals surface area contributed by atoms with Gasteiger partial charge in [0, 0.05) is 0 Å². The van der Waals surface area contributed by atoms with E-state index in [2.05, 4.69) is 27.7 Å². The summed E-state index contributed by atoms with van der Waals surface area (Å²) in [7, 11) is 0. The summed E-state index contributed by atoms with van der Waals surface area (Å²) in [4.78, 5) is 0. The van der Waals surface area contributed by atoms with Gasteiger partial charge in [-0.3, -0.25) is 0 Å². The summed E-state index contributed by atoms with van der Waals surface area (Å²) in [5, 5.41) is 0. The third-order valence-electron chi connectivity index (χ3n) is 2.04. The summed E-state index contributed by atoms with van der Waals surface area (Å²) in [6.07, 6.45) is 5.33. The predicted molar refractivity (Wildman–Crippen MR) is 105 cm³/mol. The predicted octanol–water partition coefficient (Wildman–Crippen LogP) is 8.01. The smallest absolute Gasteiger partial charge is 0.0538 e. The van der Waals surface area contributed by atoms with Gasteiger partial charge in [0.2, 0.25) is 0 Å². The molecule has 0 fully saturated rings. The van der Waals surface area contributed by atoms with Gasteiger partial charge in [0.25, 0.3) is 0 Å². The van der Waals surface area contributed by atoms with E-state index in [9.17, 15) is 0 Å². The lowest BCUT2D eigenvalue weighted by molar-refractivity contribution is 0.772. The van der Waals surface area contributed by atoms with Gasteiger partial charge in [-0.15, -0.1) is 0 Å². The Morgan fingerprint density at radius 1 is 0.409 bits per heavy atom. The molecule has 0 aliphatic carbocycles. The van der Waals surface area contributed by atoms with Crippen LogP contribution in [0.4, 0.5) is 0 Å². The van der Waals surface area contributed by atoms with Gasteiger partial charge < -0.3 is 0 Å². The fourth-order valence-electron chi connectivity index (χ4n) is 1.12. The van der Waals surface area contributed by atoms with E-state index in [0.717, 1.165) is 0 Å². The minimum atomic E-state index is 1.25. The van der Waals surface area contributed by atoms with Gasteiger partial charge in [0.15, 0.2) is 0 Å². The molecule has 0 bridgehead atoms. The van der Waals surface area contributed by atoms with Crippen LogP contribution >= 0.6 is 0 Å². The maximum Gasteiger partial charge on any atom is -0.0538 e. The first-order valence-corrected chi connectivity index (χ1v) is 8.83. The Balaban J connectivity index is -0.000000217. The monoisotopic (exact) mass is 302 g/mol. The molecule has 0 saturated heterocycles. The topological polar surface area (TPSA) is 0 Å². The van der Waals surface area contributed by atoms with Gasteiger partial charge in [-0.2, -0.15) is 0 Å². The van der Waals surface area contributed by atoms with Crippen LogP contribution in [0.5, 0.6) is 0 Å². The maximum absolute atomic E-state index is 2.21. The minimum absolute atomic E-state index is 1.25. The fraction of sp³-hybridized carbons (Fsp3) is 0.455. The quantitative estimate of drug-likeness (QED) is 0.527. The van der Waals surface area contributed by atoms with Crippen LogP contribution in [0.1, 0.15) is 67.2 Å². The first kappa shape index (κ1) is 25.4. The third kappa shape index (κ3) is 36.2. The lowest BCUT2D eigenvalue weighted by Gasteiger charge is -1.79.